The molecule has 8 nitrogen and oxygen atoms in total. The number of fused-ring (bicyclic) bond motifs is 1. The second-order valence-corrected chi connectivity index (χ2v) is 16.1. The first-order valence-corrected chi connectivity index (χ1v) is 22.1. The van der Waals surface area contributed by atoms with E-state index in [4.69, 9.17) is 29.9 Å². The smallest absolute Gasteiger partial charge is 0.164 e. The van der Waals surface area contributed by atoms with Crippen LogP contribution in [0.4, 0.5) is 0 Å². The first-order valence-electron chi connectivity index (χ1n) is 22.1. The van der Waals surface area contributed by atoms with E-state index in [9.17, 15) is 10.5 Å². The fraction of sp³-hybridized carbons (Fsp3) is 0. The first kappa shape index (κ1) is 41.0. The number of nitriles is 2. The molecule has 11 rings (SSSR count). The van der Waals surface area contributed by atoms with Crippen LogP contribution in [0.3, 0.4) is 0 Å². The monoisotopic (exact) mass is 868 g/mol. The second-order valence-electron chi connectivity index (χ2n) is 16.1. The largest absolute Gasteiger partial charge is 0.208 e. The van der Waals surface area contributed by atoms with Crippen molar-refractivity contribution in [3.8, 4) is 114 Å². The van der Waals surface area contributed by atoms with Crippen molar-refractivity contribution < 1.29 is 0 Å². The first-order chi connectivity index (χ1) is 33.6. The van der Waals surface area contributed by atoms with Crippen molar-refractivity contribution in [3.05, 3.63) is 230 Å². The summed E-state index contributed by atoms with van der Waals surface area (Å²) in [6.07, 6.45) is 0. The molecule has 8 heteroatoms. The zero-order chi connectivity index (χ0) is 45.8. The molecule has 9 aromatic carbocycles. The average Bonchev–Trinajstić information content (AvgIpc) is 3.43. The van der Waals surface area contributed by atoms with Crippen molar-refractivity contribution in [2.75, 3.05) is 0 Å². The minimum atomic E-state index is 0.446. The third kappa shape index (κ3) is 7.92. The molecule has 2 aromatic heterocycles. The number of aromatic nitrogens is 6. The third-order valence-electron chi connectivity index (χ3n) is 11.9. The predicted molar refractivity (Wildman–Crippen MR) is 269 cm³/mol. The fourth-order valence-electron chi connectivity index (χ4n) is 8.64. The molecule has 2 heterocycles. The molecule has 0 aliphatic heterocycles. The van der Waals surface area contributed by atoms with Gasteiger partial charge in [0.05, 0.1) is 23.3 Å². The van der Waals surface area contributed by atoms with Gasteiger partial charge >= 0.3 is 0 Å². The van der Waals surface area contributed by atoms with Crippen LogP contribution in [0.2, 0.25) is 0 Å². The van der Waals surface area contributed by atoms with Crippen LogP contribution in [0.1, 0.15) is 11.1 Å². The molecule has 0 bridgehead atoms. The lowest BCUT2D eigenvalue weighted by molar-refractivity contribution is 1.07. The van der Waals surface area contributed by atoms with Crippen molar-refractivity contribution in [3.63, 3.8) is 0 Å². The molecule has 0 atom stereocenters. The third-order valence-corrected chi connectivity index (χ3v) is 11.9. The van der Waals surface area contributed by atoms with Gasteiger partial charge in [-0.05, 0) is 45.2 Å². The van der Waals surface area contributed by atoms with Gasteiger partial charge in [0, 0.05) is 44.5 Å². The standard InChI is InChI=1S/C60H36N8/c61-37-46-35-44(58-64-55(41-19-7-2-8-20-41)63-56(65-58)42-21-9-3-10-22-42)31-33-49(46)51-29-15-25-40-26-16-30-52(54(40)51)50-34-32-45(36-47(50)38-62)59-66-57(43-23-11-4-12-24-43)67-60(68-59)53-28-14-13-27-48(53)39-17-5-1-6-18-39/h1-36H. The summed E-state index contributed by atoms with van der Waals surface area (Å²) in [7, 11) is 0. The van der Waals surface area contributed by atoms with Gasteiger partial charge in [-0.3, -0.25) is 0 Å². The van der Waals surface area contributed by atoms with E-state index in [1.54, 1.807) is 0 Å². The molecule has 0 spiro atoms. The Morgan fingerprint density at radius 1 is 0.250 bits per heavy atom. The van der Waals surface area contributed by atoms with Crippen LogP contribution in [-0.2, 0) is 0 Å². The summed E-state index contributed by atoms with van der Waals surface area (Å²) in [6, 6.07) is 76.4. The summed E-state index contributed by atoms with van der Waals surface area (Å²) in [6.45, 7) is 0. The van der Waals surface area contributed by atoms with Crippen LogP contribution < -0.4 is 0 Å². The highest BCUT2D eigenvalue weighted by Gasteiger charge is 2.20. The van der Waals surface area contributed by atoms with Gasteiger partial charge in [0.2, 0.25) is 0 Å². The lowest BCUT2D eigenvalue weighted by atomic mass is 9.87. The van der Waals surface area contributed by atoms with Crippen molar-refractivity contribution in [1.29, 1.82) is 10.5 Å². The SMILES string of the molecule is N#Cc1cc(-c2nc(-c3ccccc3)nc(-c3ccccc3)n2)ccc1-c1cccc2cccc(-c3ccc(-c4nc(-c5ccccc5)nc(-c5ccccc5-c5ccccc5)n4)cc3C#N)c12. The van der Waals surface area contributed by atoms with Crippen molar-refractivity contribution in [2.24, 2.45) is 0 Å². The molecule has 0 unspecified atom stereocenters. The van der Waals surface area contributed by atoms with Gasteiger partial charge in [0.1, 0.15) is 0 Å². The van der Waals surface area contributed by atoms with Crippen LogP contribution in [-0.4, -0.2) is 29.9 Å². The van der Waals surface area contributed by atoms with Crippen molar-refractivity contribution >= 4 is 10.8 Å². The summed E-state index contributed by atoms with van der Waals surface area (Å²) < 4.78 is 0. The van der Waals surface area contributed by atoms with Gasteiger partial charge < -0.3 is 0 Å². The molecule has 68 heavy (non-hydrogen) atoms. The Hall–Kier alpha value is -9.76. The van der Waals surface area contributed by atoms with E-state index < -0.39 is 0 Å². The Morgan fingerprint density at radius 2 is 0.588 bits per heavy atom. The van der Waals surface area contributed by atoms with E-state index in [2.05, 4.69) is 42.5 Å². The summed E-state index contributed by atoms with van der Waals surface area (Å²) >= 11 is 0. The van der Waals surface area contributed by atoms with Gasteiger partial charge in [-0.2, -0.15) is 10.5 Å². The highest BCUT2D eigenvalue weighted by molar-refractivity contribution is 6.08. The minimum absolute atomic E-state index is 0.446. The van der Waals surface area contributed by atoms with Gasteiger partial charge in [-0.1, -0.05) is 206 Å². The van der Waals surface area contributed by atoms with Crippen LogP contribution in [0.25, 0.3) is 112 Å². The number of hydrogen-bond donors (Lipinski definition) is 0. The molecule has 0 amide bonds. The molecule has 0 fully saturated rings. The molecule has 0 aliphatic carbocycles. The number of hydrogen-bond acceptors (Lipinski definition) is 8. The predicted octanol–water partition coefficient (Wildman–Crippen LogP) is 14.0. The quantitative estimate of drug-likeness (QED) is 0.140. The zero-order valence-corrected chi connectivity index (χ0v) is 36.4. The van der Waals surface area contributed by atoms with Crippen molar-refractivity contribution in [1.82, 2.24) is 29.9 Å². The highest BCUT2D eigenvalue weighted by atomic mass is 15.0. The van der Waals surface area contributed by atoms with E-state index in [0.717, 1.165) is 66.4 Å². The summed E-state index contributed by atoms with van der Waals surface area (Å²) in [5, 5.41) is 23.5. The molecule has 0 aliphatic rings. The lowest BCUT2D eigenvalue weighted by Crippen LogP contribution is -2.01. The number of benzene rings is 9. The van der Waals surface area contributed by atoms with Crippen molar-refractivity contribution in [2.45, 2.75) is 0 Å². The van der Waals surface area contributed by atoms with Gasteiger partial charge in [0.25, 0.3) is 0 Å². The van der Waals surface area contributed by atoms with Gasteiger partial charge in [0.15, 0.2) is 34.9 Å². The molecule has 316 valence electrons. The maximum absolute atomic E-state index is 10.9. The number of nitrogens with zero attached hydrogens (tertiary/aromatic N) is 8. The molecule has 0 N–H and O–H groups in total. The van der Waals surface area contributed by atoms with E-state index in [1.807, 2.05) is 188 Å². The Balaban J connectivity index is 1.02. The summed E-state index contributed by atoms with van der Waals surface area (Å²) in [5.41, 5.74) is 10.9. The van der Waals surface area contributed by atoms with Crippen LogP contribution in [0.15, 0.2) is 218 Å². The van der Waals surface area contributed by atoms with Crippen LogP contribution in [0, 0.1) is 22.7 Å². The van der Waals surface area contributed by atoms with Crippen LogP contribution in [0.5, 0.6) is 0 Å². The highest BCUT2D eigenvalue weighted by Crippen LogP contribution is 2.41. The average molecular weight is 869 g/mol. The zero-order valence-electron chi connectivity index (χ0n) is 36.4. The Morgan fingerprint density at radius 3 is 1.00 bits per heavy atom. The fourth-order valence-corrected chi connectivity index (χ4v) is 8.64. The topological polar surface area (TPSA) is 125 Å². The molecule has 0 radical (unpaired) electrons. The molecule has 0 saturated heterocycles. The minimum Gasteiger partial charge on any atom is -0.208 e. The summed E-state index contributed by atoms with van der Waals surface area (Å²) in [4.78, 5) is 29.8. The second kappa shape index (κ2) is 18.0. The maximum Gasteiger partial charge on any atom is 0.164 e. The number of rotatable bonds is 9. The maximum atomic E-state index is 10.9. The van der Waals surface area contributed by atoms with E-state index >= 15 is 0 Å². The van der Waals surface area contributed by atoms with Gasteiger partial charge in [-0.15, -0.1) is 0 Å². The van der Waals surface area contributed by atoms with E-state index in [-0.39, 0.29) is 0 Å². The van der Waals surface area contributed by atoms with Crippen LogP contribution >= 0.6 is 0 Å². The molecule has 0 saturated carbocycles. The molecule has 11 aromatic rings. The van der Waals surface area contributed by atoms with E-state index in [0.29, 0.717) is 57.2 Å². The lowest BCUT2D eigenvalue weighted by Gasteiger charge is -2.16. The summed E-state index contributed by atoms with van der Waals surface area (Å²) in [5.74, 6) is 3.03. The van der Waals surface area contributed by atoms with E-state index in [1.165, 1.54) is 0 Å². The Bertz CT molecular complexity index is 3690. The Labute approximate surface area is 392 Å². The Kier molecular flexibility index (Phi) is 10.9. The molecular weight excluding hydrogens is 833 g/mol. The molecular formula is C60H36N8. The van der Waals surface area contributed by atoms with Gasteiger partial charge in [-0.25, -0.2) is 29.9 Å². The normalized spacial score (nSPS) is 10.9.